The van der Waals surface area contributed by atoms with E-state index in [0.717, 1.165) is 16.9 Å². The highest BCUT2D eigenvalue weighted by Gasteiger charge is 2.25. The van der Waals surface area contributed by atoms with Crippen molar-refractivity contribution in [2.24, 2.45) is 5.92 Å². The first-order valence-corrected chi connectivity index (χ1v) is 6.76. The van der Waals surface area contributed by atoms with Crippen LogP contribution in [0.5, 0.6) is 0 Å². The second-order valence-electron chi connectivity index (χ2n) is 5.45. The second kappa shape index (κ2) is 5.53. The number of carbonyl (C=O) groups excluding carboxylic acids is 1. The Hall–Kier alpha value is -2.04. The molecule has 108 valence electrons. The fourth-order valence-electron chi connectivity index (χ4n) is 2.52. The van der Waals surface area contributed by atoms with Crippen molar-refractivity contribution >= 4 is 22.7 Å². The summed E-state index contributed by atoms with van der Waals surface area (Å²) in [6, 6.07) is 5.20. The molecule has 0 saturated heterocycles. The van der Waals surface area contributed by atoms with Gasteiger partial charge < -0.3 is 15.0 Å². The molecule has 0 fully saturated rings. The number of benzene rings is 1. The molecule has 1 aromatic carbocycles. The molecule has 2 aromatic rings. The summed E-state index contributed by atoms with van der Waals surface area (Å²) >= 11 is 0. The van der Waals surface area contributed by atoms with Crippen LogP contribution in [0.15, 0.2) is 18.2 Å². The molecule has 2 rings (SSSR count). The number of imidazole rings is 1. The van der Waals surface area contributed by atoms with Crippen LogP contribution in [0.3, 0.4) is 0 Å². The van der Waals surface area contributed by atoms with E-state index in [1.165, 1.54) is 7.11 Å². The molecule has 1 aromatic heterocycles. The van der Waals surface area contributed by atoms with Crippen molar-refractivity contribution in [2.75, 3.05) is 12.8 Å². The molecule has 0 aliphatic heterocycles. The maximum absolute atomic E-state index is 12.1. The fraction of sp³-hybridized carbons (Fsp3) is 0.467. The quantitative estimate of drug-likeness (QED) is 0.688. The van der Waals surface area contributed by atoms with E-state index in [1.807, 2.05) is 29.7 Å². The monoisotopic (exact) mass is 275 g/mol. The van der Waals surface area contributed by atoms with Gasteiger partial charge in [-0.1, -0.05) is 13.8 Å². The van der Waals surface area contributed by atoms with E-state index < -0.39 is 0 Å². The van der Waals surface area contributed by atoms with Crippen LogP contribution in [-0.4, -0.2) is 22.6 Å². The summed E-state index contributed by atoms with van der Waals surface area (Å²) < 4.78 is 6.90. The lowest BCUT2D eigenvalue weighted by Crippen LogP contribution is -2.23. The molecule has 1 heterocycles. The zero-order valence-corrected chi connectivity index (χ0v) is 12.4. The Morgan fingerprint density at radius 3 is 2.75 bits per heavy atom. The van der Waals surface area contributed by atoms with Crippen LogP contribution in [0.1, 0.15) is 32.1 Å². The molecule has 2 N–H and O–H groups in total. The van der Waals surface area contributed by atoms with Gasteiger partial charge in [-0.2, -0.15) is 0 Å². The summed E-state index contributed by atoms with van der Waals surface area (Å²) in [5.74, 6) is 0.935. The number of nitrogens with two attached hydrogens (primary N) is 1. The third-order valence-electron chi connectivity index (χ3n) is 3.37. The Kier molecular flexibility index (Phi) is 3.97. The molecule has 5 nitrogen and oxygen atoms in total. The Bertz CT molecular complexity index is 631. The molecule has 0 bridgehead atoms. The van der Waals surface area contributed by atoms with Crippen LogP contribution >= 0.6 is 0 Å². The number of nitrogen functional groups attached to an aromatic ring is 1. The number of hydrogen-bond donors (Lipinski definition) is 1. The van der Waals surface area contributed by atoms with Crippen molar-refractivity contribution in [3.8, 4) is 0 Å². The molecular weight excluding hydrogens is 254 g/mol. The van der Waals surface area contributed by atoms with Crippen molar-refractivity contribution in [2.45, 2.75) is 33.2 Å². The number of aryl methyl sites for hydroxylation is 1. The normalized spacial score (nSPS) is 12.8. The molecule has 5 heteroatoms. The van der Waals surface area contributed by atoms with E-state index in [0.29, 0.717) is 18.0 Å². The maximum Gasteiger partial charge on any atom is 0.328 e. The fourth-order valence-corrected chi connectivity index (χ4v) is 2.52. The minimum atomic E-state index is -0.353. The van der Waals surface area contributed by atoms with Gasteiger partial charge in [0.1, 0.15) is 11.9 Å². The van der Waals surface area contributed by atoms with E-state index >= 15 is 0 Å². The van der Waals surface area contributed by atoms with E-state index in [4.69, 9.17) is 10.5 Å². The highest BCUT2D eigenvalue weighted by Crippen LogP contribution is 2.27. The van der Waals surface area contributed by atoms with E-state index in [-0.39, 0.29) is 12.0 Å². The van der Waals surface area contributed by atoms with Crippen molar-refractivity contribution in [1.82, 2.24) is 9.55 Å². The number of methoxy groups -OCH3 is 1. The molecule has 1 unspecified atom stereocenters. The van der Waals surface area contributed by atoms with Crippen molar-refractivity contribution < 1.29 is 9.53 Å². The number of ether oxygens (including phenoxy) is 1. The summed E-state index contributed by atoms with van der Waals surface area (Å²) in [5.41, 5.74) is 8.17. The Balaban J connectivity index is 2.57. The molecule has 0 radical (unpaired) electrons. The van der Waals surface area contributed by atoms with Crippen LogP contribution in [0, 0.1) is 12.8 Å². The van der Waals surface area contributed by atoms with Crippen molar-refractivity contribution in [3.05, 3.63) is 24.0 Å². The lowest BCUT2D eigenvalue weighted by Gasteiger charge is -2.20. The topological polar surface area (TPSA) is 70.1 Å². The number of carbonyl (C=O) groups is 1. The van der Waals surface area contributed by atoms with E-state index in [2.05, 4.69) is 18.8 Å². The van der Waals surface area contributed by atoms with Gasteiger partial charge in [0.05, 0.1) is 18.1 Å². The van der Waals surface area contributed by atoms with Gasteiger partial charge in [-0.3, -0.25) is 0 Å². The van der Waals surface area contributed by atoms with Crippen LogP contribution in [0.25, 0.3) is 11.0 Å². The second-order valence-corrected chi connectivity index (χ2v) is 5.45. The van der Waals surface area contributed by atoms with Crippen LogP contribution in [0.2, 0.25) is 0 Å². The van der Waals surface area contributed by atoms with Gasteiger partial charge in [-0.25, -0.2) is 9.78 Å². The van der Waals surface area contributed by atoms with E-state index in [9.17, 15) is 4.79 Å². The summed E-state index contributed by atoms with van der Waals surface area (Å²) in [5, 5.41) is 0. The maximum atomic E-state index is 12.1. The molecule has 0 saturated carbocycles. The molecule has 0 aliphatic rings. The van der Waals surface area contributed by atoms with Gasteiger partial charge in [0.25, 0.3) is 0 Å². The smallest absolute Gasteiger partial charge is 0.328 e. The van der Waals surface area contributed by atoms with Gasteiger partial charge >= 0.3 is 5.97 Å². The first-order chi connectivity index (χ1) is 9.43. The van der Waals surface area contributed by atoms with Gasteiger partial charge in [0.15, 0.2) is 0 Å². The lowest BCUT2D eigenvalue weighted by molar-refractivity contribution is -0.145. The highest BCUT2D eigenvalue weighted by atomic mass is 16.5. The average molecular weight is 275 g/mol. The zero-order valence-electron chi connectivity index (χ0n) is 12.4. The summed E-state index contributed by atoms with van der Waals surface area (Å²) in [6.45, 7) is 6.07. The number of hydrogen-bond acceptors (Lipinski definition) is 4. The number of nitrogens with zero attached hydrogens (tertiary/aromatic N) is 2. The number of esters is 1. The summed E-state index contributed by atoms with van der Waals surface area (Å²) in [7, 11) is 1.42. The standard InChI is InChI=1S/C15H21N3O2/c1-9(2)7-14(15(19)20-4)18-10(3)17-12-8-11(16)5-6-13(12)18/h5-6,8-9,14H,7,16H2,1-4H3. The summed E-state index contributed by atoms with van der Waals surface area (Å²) in [6.07, 6.45) is 0.712. The molecule has 1 atom stereocenters. The largest absolute Gasteiger partial charge is 0.467 e. The molecule has 0 aliphatic carbocycles. The average Bonchev–Trinajstić information content (AvgIpc) is 2.69. The number of rotatable bonds is 4. The predicted octanol–water partition coefficient (Wildman–Crippen LogP) is 2.69. The summed E-state index contributed by atoms with van der Waals surface area (Å²) in [4.78, 5) is 16.6. The van der Waals surface area contributed by atoms with Crippen LogP contribution < -0.4 is 5.73 Å². The third kappa shape index (κ3) is 2.61. The molecule has 20 heavy (non-hydrogen) atoms. The Labute approximate surface area is 118 Å². The lowest BCUT2D eigenvalue weighted by atomic mass is 10.0. The SMILES string of the molecule is COC(=O)C(CC(C)C)n1c(C)nc2cc(N)ccc21. The molecule has 0 amide bonds. The van der Waals surface area contributed by atoms with Crippen LogP contribution in [-0.2, 0) is 9.53 Å². The number of aromatic nitrogens is 2. The van der Waals surface area contributed by atoms with Crippen molar-refractivity contribution in [3.63, 3.8) is 0 Å². The van der Waals surface area contributed by atoms with Crippen molar-refractivity contribution in [1.29, 1.82) is 0 Å². The minimum absolute atomic E-state index is 0.238. The third-order valence-corrected chi connectivity index (χ3v) is 3.37. The molecule has 0 spiro atoms. The Morgan fingerprint density at radius 1 is 1.45 bits per heavy atom. The minimum Gasteiger partial charge on any atom is -0.467 e. The highest BCUT2D eigenvalue weighted by molar-refractivity contribution is 5.83. The molecular formula is C15H21N3O2. The first-order valence-electron chi connectivity index (χ1n) is 6.76. The van der Waals surface area contributed by atoms with Gasteiger partial charge in [-0.15, -0.1) is 0 Å². The number of anilines is 1. The zero-order chi connectivity index (χ0) is 14.9. The van der Waals surface area contributed by atoms with Gasteiger partial charge in [0.2, 0.25) is 0 Å². The van der Waals surface area contributed by atoms with Gasteiger partial charge in [0, 0.05) is 5.69 Å². The Morgan fingerprint density at radius 2 is 2.15 bits per heavy atom. The predicted molar refractivity (Wildman–Crippen MR) is 79.4 cm³/mol. The number of fused-ring (bicyclic) bond motifs is 1. The van der Waals surface area contributed by atoms with Gasteiger partial charge in [-0.05, 0) is 37.5 Å². The van der Waals surface area contributed by atoms with Crippen LogP contribution in [0.4, 0.5) is 5.69 Å². The van der Waals surface area contributed by atoms with E-state index in [1.54, 1.807) is 0 Å². The first kappa shape index (κ1) is 14.4.